The van der Waals surface area contributed by atoms with Gasteiger partial charge < -0.3 is 24.3 Å². The van der Waals surface area contributed by atoms with Gasteiger partial charge in [-0.25, -0.2) is 0 Å². The lowest BCUT2D eigenvalue weighted by Gasteiger charge is -2.32. The zero-order valence-corrected chi connectivity index (χ0v) is 15.9. The van der Waals surface area contributed by atoms with E-state index < -0.39 is 0 Å². The highest BCUT2D eigenvalue weighted by molar-refractivity contribution is 5.91. The first-order valence-corrected chi connectivity index (χ1v) is 8.66. The Labute approximate surface area is 154 Å². The highest BCUT2D eigenvalue weighted by atomic mass is 16.5. The van der Waals surface area contributed by atoms with Gasteiger partial charge in [0.2, 0.25) is 11.7 Å². The van der Waals surface area contributed by atoms with Gasteiger partial charge in [0.05, 0.1) is 34.5 Å². The molecule has 0 spiro atoms. The summed E-state index contributed by atoms with van der Waals surface area (Å²) < 4.78 is 21.3. The average molecular weight is 364 g/mol. The van der Waals surface area contributed by atoms with E-state index in [0.717, 1.165) is 31.9 Å². The van der Waals surface area contributed by atoms with Gasteiger partial charge in [0.25, 0.3) is 0 Å². The topological polar surface area (TPSA) is 69.3 Å². The van der Waals surface area contributed by atoms with Crippen LogP contribution in [0.5, 0.6) is 17.2 Å². The molecule has 1 aromatic rings. The Morgan fingerprint density at radius 2 is 1.81 bits per heavy atom. The minimum Gasteiger partial charge on any atom is -0.493 e. The Hall–Kier alpha value is -2.25. The van der Waals surface area contributed by atoms with Gasteiger partial charge in [-0.2, -0.15) is 0 Å². The summed E-state index contributed by atoms with van der Waals surface area (Å²) in [5.74, 6) is 1.48. The Bertz CT molecular complexity index is 601. The number of nitrogens with zero attached hydrogens (tertiary/aromatic N) is 1. The summed E-state index contributed by atoms with van der Waals surface area (Å²) >= 11 is 0. The number of amides is 1. The van der Waals surface area contributed by atoms with Crippen molar-refractivity contribution in [1.82, 2.24) is 10.2 Å². The van der Waals surface area contributed by atoms with Crippen LogP contribution in [0.25, 0.3) is 6.08 Å². The van der Waals surface area contributed by atoms with Crippen LogP contribution in [0, 0.1) is 0 Å². The van der Waals surface area contributed by atoms with Crippen LogP contribution in [0.15, 0.2) is 18.2 Å². The number of methoxy groups -OCH3 is 3. The first-order valence-electron chi connectivity index (χ1n) is 8.66. The lowest BCUT2D eigenvalue weighted by Crippen LogP contribution is -2.47. The predicted octanol–water partition coefficient (Wildman–Crippen LogP) is 1.56. The van der Waals surface area contributed by atoms with Crippen LogP contribution in [0.4, 0.5) is 0 Å². The van der Waals surface area contributed by atoms with Crippen LogP contribution in [-0.2, 0) is 9.53 Å². The monoisotopic (exact) mass is 364 g/mol. The maximum atomic E-state index is 12.1. The molecule has 1 heterocycles. The highest BCUT2D eigenvalue weighted by Gasteiger charge is 2.17. The lowest BCUT2D eigenvalue weighted by molar-refractivity contribution is -0.116. The first-order chi connectivity index (χ1) is 12.6. The summed E-state index contributed by atoms with van der Waals surface area (Å²) in [7, 11) is 4.67. The molecule has 1 atom stereocenters. The van der Waals surface area contributed by atoms with E-state index in [1.54, 1.807) is 39.5 Å². The molecule has 0 radical (unpaired) electrons. The van der Waals surface area contributed by atoms with Gasteiger partial charge in [0.1, 0.15) is 0 Å². The van der Waals surface area contributed by atoms with Crippen LogP contribution in [0.1, 0.15) is 12.5 Å². The van der Waals surface area contributed by atoms with Gasteiger partial charge in [0.15, 0.2) is 11.5 Å². The van der Waals surface area contributed by atoms with Gasteiger partial charge in [-0.1, -0.05) is 0 Å². The molecule has 144 valence electrons. The molecule has 26 heavy (non-hydrogen) atoms. The predicted molar refractivity (Wildman–Crippen MR) is 100.0 cm³/mol. The molecule has 0 aliphatic carbocycles. The summed E-state index contributed by atoms with van der Waals surface area (Å²) in [6, 6.07) is 3.86. The van der Waals surface area contributed by atoms with Crippen LogP contribution < -0.4 is 19.5 Å². The van der Waals surface area contributed by atoms with Crippen LogP contribution >= 0.6 is 0 Å². The molecule has 7 nitrogen and oxygen atoms in total. The van der Waals surface area contributed by atoms with Crippen LogP contribution in [0.3, 0.4) is 0 Å². The van der Waals surface area contributed by atoms with Crippen molar-refractivity contribution in [3.05, 3.63) is 23.8 Å². The van der Waals surface area contributed by atoms with E-state index in [2.05, 4.69) is 17.1 Å². The highest BCUT2D eigenvalue weighted by Crippen LogP contribution is 2.38. The summed E-state index contributed by atoms with van der Waals surface area (Å²) in [6.07, 6.45) is 3.23. The van der Waals surface area contributed by atoms with Gasteiger partial charge in [-0.3, -0.25) is 9.69 Å². The van der Waals surface area contributed by atoms with E-state index in [1.165, 1.54) is 6.08 Å². The molecule has 0 bridgehead atoms. The fourth-order valence-corrected chi connectivity index (χ4v) is 2.82. The number of morpholine rings is 1. The van der Waals surface area contributed by atoms with E-state index in [-0.39, 0.29) is 11.9 Å². The zero-order chi connectivity index (χ0) is 18.9. The third kappa shape index (κ3) is 5.37. The SMILES string of the molecule is COc1cc(C=CC(=O)NCC(C)N2CCOCC2)cc(OC)c1OC. The van der Waals surface area contributed by atoms with Crippen molar-refractivity contribution in [2.45, 2.75) is 13.0 Å². The average Bonchev–Trinajstić information content (AvgIpc) is 2.69. The van der Waals surface area contributed by atoms with Crippen molar-refractivity contribution < 1.29 is 23.7 Å². The van der Waals surface area contributed by atoms with Crippen molar-refractivity contribution >= 4 is 12.0 Å². The third-order valence-corrected chi connectivity index (χ3v) is 4.35. The number of hydrogen-bond donors (Lipinski definition) is 1. The van der Waals surface area contributed by atoms with Crippen molar-refractivity contribution in [3.63, 3.8) is 0 Å². The summed E-state index contributed by atoms with van der Waals surface area (Å²) in [6.45, 7) is 6.00. The molecule has 1 aromatic carbocycles. The van der Waals surface area contributed by atoms with Crippen LogP contribution in [0.2, 0.25) is 0 Å². The summed E-state index contributed by atoms with van der Waals surface area (Å²) in [5, 5.41) is 2.93. The molecule has 0 saturated carbocycles. The van der Waals surface area contributed by atoms with Gasteiger partial charge in [-0.05, 0) is 30.7 Å². The minimum atomic E-state index is -0.140. The Balaban J connectivity index is 1.94. The molecule has 1 saturated heterocycles. The molecular weight excluding hydrogens is 336 g/mol. The second-order valence-electron chi connectivity index (χ2n) is 6.03. The number of rotatable bonds is 8. The molecule has 1 unspecified atom stereocenters. The lowest BCUT2D eigenvalue weighted by atomic mass is 10.1. The maximum Gasteiger partial charge on any atom is 0.244 e. The number of benzene rings is 1. The maximum absolute atomic E-state index is 12.1. The zero-order valence-electron chi connectivity index (χ0n) is 15.9. The molecule has 1 N–H and O–H groups in total. The number of carbonyl (C=O) groups excluding carboxylic acids is 1. The molecule has 1 amide bonds. The molecule has 0 aromatic heterocycles. The minimum absolute atomic E-state index is 0.140. The molecule has 7 heteroatoms. The Morgan fingerprint density at radius 3 is 2.35 bits per heavy atom. The summed E-state index contributed by atoms with van der Waals surface area (Å²) in [5.41, 5.74) is 0.788. The third-order valence-electron chi connectivity index (χ3n) is 4.35. The van der Waals surface area contributed by atoms with E-state index in [9.17, 15) is 4.79 Å². The summed E-state index contributed by atoms with van der Waals surface area (Å²) in [4.78, 5) is 14.4. The van der Waals surface area contributed by atoms with E-state index in [0.29, 0.717) is 23.8 Å². The van der Waals surface area contributed by atoms with E-state index in [4.69, 9.17) is 18.9 Å². The molecular formula is C19H28N2O5. The standard InChI is InChI=1S/C19H28N2O5/c1-14(21-7-9-26-10-8-21)13-20-18(22)6-5-15-11-16(23-2)19(25-4)17(12-15)24-3/h5-6,11-12,14H,7-10,13H2,1-4H3,(H,20,22). The first kappa shape index (κ1) is 20.1. The number of hydrogen-bond acceptors (Lipinski definition) is 6. The van der Waals surface area contributed by atoms with Gasteiger partial charge in [-0.15, -0.1) is 0 Å². The van der Waals surface area contributed by atoms with Crippen molar-refractivity contribution in [2.24, 2.45) is 0 Å². The molecule has 1 aliphatic rings. The van der Waals surface area contributed by atoms with Crippen molar-refractivity contribution in [2.75, 3.05) is 54.2 Å². The fourth-order valence-electron chi connectivity index (χ4n) is 2.82. The smallest absolute Gasteiger partial charge is 0.244 e. The quantitative estimate of drug-likeness (QED) is 0.706. The Kier molecular flexibility index (Phi) is 7.74. The van der Waals surface area contributed by atoms with Crippen molar-refractivity contribution in [1.29, 1.82) is 0 Å². The van der Waals surface area contributed by atoms with Crippen LogP contribution in [-0.4, -0.2) is 71.0 Å². The van der Waals surface area contributed by atoms with E-state index in [1.807, 2.05) is 0 Å². The van der Waals surface area contributed by atoms with Gasteiger partial charge >= 0.3 is 0 Å². The number of nitrogens with one attached hydrogen (secondary N) is 1. The second-order valence-corrected chi connectivity index (χ2v) is 6.03. The largest absolute Gasteiger partial charge is 0.493 e. The fraction of sp³-hybridized carbons (Fsp3) is 0.526. The van der Waals surface area contributed by atoms with Crippen molar-refractivity contribution in [3.8, 4) is 17.2 Å². The Morgan fingerprint density at radius 1 is 1.19 bits per heavy atom. The van der Waals surface area contributed by atoms with E-state index >= 15 is 0 Å². The molecule has 1 aliphatic heterocycles. The second kappa shape index (κ2) is 10.0. The molecule has 2 rings (SSSR count). The molecule has 1 fully saturated rings. The number of ether oxygens (including phenoxy) is 4. The normalized spacial score (nSPS) is 16.3. The van der Waals surface area contributed by atoms with Gasteiger partial charge in [0, 0.05) is 31.8 Å². The number of carbonyl (C=O) groups is 1.